The van der Waals surface area contributed by atoms with E-state index in [1.165, 1.54) is 0 Å². The Balaban J connectivity index is 1.99. The van der Waals surface area contributed by atoms with E-state index in [0.29, 0.717) is 12.6 Å². The maximum atomic E-state index is 5.44. The highest BCUT2D eigenvalue weighted by Gasteiger charge is 2.03. The fraction of sp³-hybridized carbons (Fsp3) is 0.412. The Morgan fingerprint density at radius 1 is 1.13 bits per heavy atom. The molecular weight excluding hydrogens is 292 g/mol. The third-order valence-electron chi connectivity index (χ3n) is 3.10. The van der Waals surface area contributed by atoms with Crippen molar-refractivity contribution in [2.45, 2.75) is 20.3 Å². The van der Waals surface area contributed by atoms with Gasteiger partial charge in [0, 0.05) is 37.7 Å². The predicted octanol–water partition coefficient (Wildman–Crippen LogP) is 3.38. The van der Waals surface area contributed by atoms with Gasteiger partial charge >= 0.3 is 0 Å². The third kappa shape index (κ3) is 5.75. The average Bonchev–Trinajstić information content (AvgIpc) is 2.53. The Morgan fingerprint density at radius 2 is 1.91 bits per heavy atom. The number of aryl methyl sites for hydroxylation is 1. The molecule has 0 aliphatic carbocycles. The van der Waals surface area contributed by atoms with E-state index in [1.807, 2.05) is 44.2 Å². The Kier molecular flexibility index (Phi) is 6.62. The van der Waals surface area contributed by atoms with E-state index in [4.69, 9.17) is 9.47 Å². The molecule has 0 aliphatic rings. The summed E-state index contributed by atoms with van der Waals surface area (Å²) in [6.45, 7) is 6.08. The van der Waals surface area contributed by atoms with Crippen molar-refractivity contribution < 1.29 is 9.47 Å². The molecule has 1 heterocycles. The molecule has 0 atom stereocenters. The van der Waals surface area contributed by atoms with E-state index in [1.54, 1.807) is 7.11 Å². The molecule has 1 aromatic carbocycles. The molecule has 2 aromatic rings. The zero-order chi connectivity index (χ0) is 16.5. The Labute approximate surface area is 137 Å². The number of benzene rings is 1. The summed E-state index contributed by atoms with van der Waals surface area (Å²) in [4.78, 5) is 8.87. The van der Waals surface area contributed by atoms with Crippen molar-refractivity contribution >= 4 is 17.5 Å². The van der Waals surface area contributed by atoms with Gasteiger partial charge in [0.2, 0.25) is 5.95 Å². The van der Waals surface area contributed by atoms with Gasteiger partial charge in [-0.15, -0.1) is 0 Å². The third-order valence-corrected chi connectivity index (χ3v) is 3.10. The van der Waals surface area contributed by atoms with Gasteiger partial charge in [0.05, 0.1) is 6.61 Å². The van der Waals surface area contributed by atoms with Gasteiger partial charge in [-0.1, -0.05) is 0 Å². The fourth-order valence-electron chi connectivity index (χ4n) is 2.08. The molecule has 124 valence electrons. The summed E-state index contributed by atoms with van der Waals surface area (Å²) in [6.07, 6.45) is 0.912. The van der Waals surface area contributed by atoms with Crippen LogP contribution in [0.2, 0.25) is 0 Å². The van der Waals surface area contributed by atoms with E-state index in [9.17, 15) is 0 Å². The van der Waals surface area contributed by atoms with Crippen LogP contribution in [0.4, 0.5) is 17.5 Å². The Bertz CT molecular complexity index is 602. The molecular formula is C17H24N4O2. The predicted molar refractivity (Wildman–Crippen MR) is 92.6 cm³/mol. The number of hydrogen-bond donors (Lipinski definition) is 2. The number of hydrogen-bond acceptors (Lipinski definition) is 6. The van der Waals surface area contributed by atoms with E-state index in [2.05, 4.69) is 20.6 Å². The first kappa shape index (κ1) is 17.0. The summed E-state index contributed by atoms with van der Waals surface area (Å²) in [5.74, 6) is 2.24. The van der Waals surface area contributed by atoms with Crippen molar-refractivity contribution in [2.24, 2.45) is 0 Å². The molecule has 2 N–H and O–H groups in total. The van der Waals surface area contributed by atoms with Crippen LogP contribution in [-0.2, 0) is 4.74 Å². The monoisotopic (exact) mass is 316 g/mol. The number of aromatic nitrogens is 2. The van der Waals surface area contributed by atoms with Gasteiger partial charge in [0.1, 0.15) is 11.6 Å². The molecule has 0 unspecified atom stereocenters. The summed E-state index contributed by atoms with van der Waals surface area (Å²) in [6, 6.07) is 9.71. The first-order chi connectivity index (χ1) is 11.2. The van der Waals surface area contributed by atoms with Crippen LogP contribution >= 0.6 is 0 Å². The first-order valence-electron chi connectivity index (χ1n) is 7.79. The maximum Gasteiger partial charge on any atom is 0.224 e. The molecule has 23 heavy (non-hydrogen) atoms. The summed E-state index contributed by atoms with van der Waals surface area (Å²) in [5.41, 5.74) is 1.86. The summed E-state index contributed by atoms with van der Waals surface area (Å²) in [7, 11) is 1.70. The lowest BCUT2D eigenvalue weighted by atomic mass is 10.3. The van der Waals surface area contributed by atoms with Crippen LogP contribution < -0.4 is 15.4 Å². The molecule has 0 saturated heterocycles. The molecule has 6 nitrogen and oxygen atoms in total. The summed E-state index contributed by atoms with van der Waals surface area (Å²) < 4.78 is 10.5. The second kappa shape index (κ2) is 8.95. The molecule has 0 amide bonds. The normalized spacial score (nSPS) is 10.4. The van der Waals surface area contributed by atoms with Crippen LogP contribution in [0.5, 0.6) is 5.75 Å². The minimum atomic E-state index is 0.620. The largest absolute Gasteiger partial charge is 0.494 e. The quantitative estimate of drug-likeness (QED) is 0.691. The van der Waals surface area contributed by atoms with Crippen LogP contribution in [0.1, 0.15) is 19.0 Å². The zero-order valence-corrected chi connectivity index (χ0v) is 13.9. The van der Waals surface area contributed by atoms with Gasteiger partial charge in [0.25, 0.3) is 0 Å². The maximum absolute atomic E-state index is 5.44. The topological polar surface area (TPSA) is 68.3 Å². The first-order valence-corrected chi connectivity index (χ1v) is 7.79. The van der Waals surface area contributed by atoms with Crippen molar-refractivity contribution in [3.8, 4) is 5.75 Å². The summed E-state index contributed by atoms with van der Waals surface area (Å²) >= 11 is 0. The Morgan fingerprint density at radius 3 is 2.61 bits per heavy atom. The van der Waals surface area contributed by atoms with Crippen LogP contribution in [0.3, 0.4) is 0 Å². The lowest BCUT2D eigenvalue weighted by molar-refractivity contribution is 0.197. The minimum absolute atomic E-state index is 0.620. The van der Waals surface area contributed by atoms with Gasteiger partial charge in [0.15, 0.2) is 0 Å². The lowest BCUT2D eigenvalue weighted by Gasteiger charge is -2.10. The highest BCUT2D eigenvalue weighted by atomic mass is 16.5. The second-order valence-corrected chi connectivity index (χ2v) is 5.07. The standard InChI is InChI=1S/C17H24N4O2/c1-4-23-15-8-6-14(7-9-15)20-16-12-13(2)19-17(21-16)18-10-5-11-22-3/h6-9,12H,4-5,10-11H2,1-3H3,(H2,18,19,20,21). The van der Waals surface area contributed by atoms with Gasteiger partial charge in [-0.2, -0.15) is 4.98 Å². The van der Waals surface area contributed by atoms with Crippen molar-refractivity contribution in [1.82, 2.24) is 9.97 Å². The molecule has 0 aliphatic heterocycles. The highest BCUT2D eigenvalue weighted by Crippen LogP contribution is 2.20. The smallest absolute Gasteiger partial charge is 0.224 e. The van der Waals surface area contributed by atoms with Gasteiger partial charge in [-0.3, -0.25) is 0 Å². The highest BCUT2D eigenvalue weighted by molar-refractivity contribution is 5.58. The Hall–Kier alpha value is -2.34. The zero-order valence-electron chi connectivity index (χ0n) is 13.9. The number of nitrogens with one attached hydrogen (secondary N) is 2. The van der Waals surface area contributed by atoms with Crippen molar-refractivity contribution in [3.05, 3.63) is 36.0 Å². The van der Waals surface area contributed by atoms with Gasteiger partial charge < -0.3 is 20.1 Å². The number of ether oxygens (including phenoxy) is 2. The lowest BCUT2D eigenvalue weighted by Crippen LogP contribution is -2.09. The molecule has 6 heteroatoms. The number of nitrogens with zero attached hydrogens (tertiary/aromatic N) is 2. The van der Waals surface area contributed by atoms with E-state index in [-0.39, 0.29) is 0 Å². The van der Waals surface area contributed by atoms with Crippen LogP contribution in [0.25, 0.3) is 0 Å². The van der Waals surface area contributed by atoms with E-state index in [0.717, 1.165) is 42.5 Å². The number of rotatable bonds is 9. The number of methoxy groups -OCH3 is 1. The van der Waals surface area contributed by atoms with Gasteiger partial charge in [-0.05, 0) is 44.5 Å². The van der Waals surface area contributed by atoms with Crippen molar-refractivity contribution in [1.29, 1.82) is 0 Å². The van der Waals surface area contributed by atoms with Crippen LogP contribution in [-0.4, -0.2) is 36.8 Å². The van der Waals surface area contributed by atoms with E-state index < -0.39 is 0 Å². The molecule has 0 fully saturated rings. The second-order valence-electron chi connectivity index (χ2n) is 5.07. The molecule has 0 saturated carbocycles. The van der Waals surface area contributed by atoms with Crippen molar-refractivity contribution in [3.63, 3.8) is 0 Å². The molecule has 0 bridgehead atoms. The summed E-state index contributed by atoms with van der Waals surface area (Å²) in [5, 5.41) is 6.49. The minimum Gasteiger partial charge on any atom is -0.494 e. The molecule has 2 rings (SSSR count). The van der Waals surface area contributed by atoms with Crippen molar-refractivity contribution in [2.75, 3.05) is 37.5 Å². The average molecular weight is 316 g/mol. The molecule has 0 radical (unpaired) electrons. The SMILES string of the molecule is CCOc1ccc(Nc2cc(C)nc(NCCCOC)n2)cc1. The van der Waals surface area contributed by atoms with Gasteiger partial charge in [-0.25, -0.2) is 4.98 Å². The molecule has 0 spiro atoms. The molecule has 1 aromatic heterocycles. The van der Waals surface area contributed by atoms with Crippen LogP contribution in [0.15, 0.2) is 30.3 Å². The van der Waals surface area contributed by atoms with Crippen LogP contribution in [0, 0.1) is 6.92 Å². The fourth-order valence-corrected chi connectivity index (χ4v) is 2.08. The van der Waals surface area contributed by atoms with E-state index >= 15 is 0 Å². The number of anilines is 3.